The molecule has 0 heterocycles. The van der Waals surface area contributed by atoms with Crippen LogP contribution >= 0.6 is 0 Å². The number of esters is 1. The quantitative estimate of drug-likeness (QED) is 0.749. The second kappa shape index (κ2) is 8.98. The summed E-state index contributed by atoms with van der Waals surface area (Å²) in [4.78, 5) is 24.1. The van der Waals surface area contributed by atoms with Gasteiger partial charge in [-0.3, -0.25) is 9.59 Å². The minimum atomic E-state index is -1.25. The van der Waals surface area contributed by atoms with Crippen molar-refractivity contribution in [3.8, 4) is 11.5 Å². The van der Waals surface area contributed by atoms with Gasteiger partial charge in [-0.2, -0.15) is 0 Å². The fraction of sp³-hybridized carbons (Fsp3) is 0.263. The van der Waals surface area contributed by atoms with Crippen molar-refractivity contribution in [1.29, 1.82) is 0 Å². The lowest BCUT2D eigenvalue weighted by Crippen LogP contribution is -2.31. The number of carbonyl (C=O) groups is 2. The first-order valence-electron chi connectivity index (χ1n) is 8.01. The fourth-order valence-electron chi connectivity index (χ4n) is 2.29. The number of rotatable bonds is 7. The molecule has 0 aromatic heterocycles. The summed E-state index contributed by atoms with van der Waals surface area (Å²) in [5.74, 6) is -2.42. The SMILES string of the molecule is COc1ccc(CC(=O)O[C@H](C)C(=O)Nc2c(F)cccc2F)c(OC)c1. The molecule has 2 rings (SSSR count). The standard InChI is InChI=1S/C19H19F2NO5/c1-11(19(24)22-18-14(20)5-4-6-15(18)21)27-17(23)9-12-7-8-13(25-2)10-16(12)26-3/h4-8,10-11H,9H2,1-3H3,(H,22,24)/t11-/m1/s1. The molecule has 2 aromatic carbocycles. The van der Waals surface area contributed by atoms with E-state index in [1.54, 1.807) is 18.2 Å². The number of hydrogen-bond acceptors (Lipinski definition) is 5. The summed E-state index contributed by atoms with van der Waals surface area (Å²) in [7, 11) is 2.95. The lowest BCUT2D eigenvalue weighted by atomic mass is 10.1. The van der Waals surface area contributed by atoms with Gasteiger partial charge in [0, 0.05) is 11.6 Å². The molecule has 0 bridgehead atoms. The minimum Gasteiger partial charge on any atom is -0.497 e. The topological polar surface area (TPSA) is 73.9 Å². The second-order valence-corrected chi connectivity index (χ2v) is 5.57. The molecule has 27 heavy (non-hydrogen) atoms. The summed E-state index contributed by atoms with van der Waals surface area (Å²) in [5.41, 5.74) is -0.0571. The van der Waals surface area contributed by atoms with E-state index in [1.807, 2.05) is 0 Å². The van der Waals surface area contributed by atoms with Crippen molar-refractivity contribution in [2.24, 2.45) is 0 Å². The van der Waals surface area contributed by atoms with Crippen molar-refractivity contribution in [1.82, 2.24) is 0 Å². The Bertz CT molecular complexity index is 821. The summed E-state index contributed by atoms with van der Waals surface area (Å²) >= 11 is 0. The van der Waals surface area contributed by atoms with Crippen molar-refractivity contribution in [2.45, 2.75) is 19.4 Å². The van der Waals surface area contributed by atoms with E-state index in [1.165, 1.54) is 27.2 Å². The molecule has 0 saturated heterocycles. The van der Waals surface area contributed by atoms with Gasteiger partial charge >= 0.3 is 5.97 Å². The van der Waals surface area contributed by atoms with Crippen LogP contribution in [-0.2, 0) is 20.7 Å². The van der Waals surface area contributed by atoms with E-state index in [-0.39, 0.29) is 6.42 Å². The molecule has 0 radical (unpaired) electrons. The predicted octanol–water partition coefficient (Wildman–Crippen LogP) is 3.09. The third-order valence-corrected chi connectivity index (χ3v) is 3.72. The van der Waals surface area contributed by atoms with Gasteiger partial charge in [-0.1, -0.05) is 12.1 Å². The lowest BCUT2D eigenvalue weighted by Gasteiger charge is -2.15. The molecule has 144 valence electrons. The first-order chi connectivity index (χ1) is 12.8. The highest BCUT2D eigenvalue weighted by atomic mass is 19.1. The van der Waals surface area contributed by atoms with Gasteiger partial charge in [0.15, 0.2) is 6.10 Å². The van der Waals surface area contributed by atoms with Crippen LogP contribution in [0.5, 0.6) is 11.5 Å². The molecule has 0 aliphatic heterocycles. The van der Waals surface area contributed by atoms with Gasteiger partial charge in [0.2, 0.25) is 0 Å². The van der Waals surface area contributed by atoms with Crippen LogP contribution < -0.4 is 14.8 Å². The van der Waals surface area contributed by atoms with Gasteiger partial charge in [-0.25, -0.2) is 8.78 Å². The highest BCUT2D eigenvalue weighted by Gasteiger charge is 2.21. The first kappa shape index (κ1) is 20.2. The maximum Gasteiger partial charge on any atom is 0.311 e. The van der Waals surface area contributed by atoms with E-state index in [0.717, 1.165) is 12.1 Å². The maximum absolute atomic E-state index is 13.6. The number of halogens is 2. The average molecular weight is 379 g/mol. The van der Waals surface area contributed by atoms with E-state index >= 15 is 0 Å². The van der Waals surface area contributed by atoms with Gasteiger partial charge in [0.05, 0.1) is 20.6 Å². The van der Waals surface area contributed by atoms with Crippen LogP contribution in [0.3, 0.4) is 0 Å². The molecule has 0 spiro atoms. The molecular formula is C19H19F2NO5. The molecule has 0 aliphatic carbocycles. The zero-order valence-electron chi connectivity index (χ0n) is 15.0. The lowest BCUT2D eigenvalue weighted by molar-refractivity contribution is -0.152. The molecule has 0 saturated carbocycles. The zero-order valence-corrected chi connectivity index (χ0v) is 15.0. The number of amides is 1. The summed E-state index contributed by atoms with van der Waals surface area (Å²) in [5, 5.41) is 2.08. The molecule has 0 aliphatic rings. The number of ether oxygens (including phenoxy) is 3. The van der Waals surface area contributed by atoms with Crippen molar-refractivity contribution in [3.63, 3.8) is 0 Å². The maximum atomic E-state index is 13.6. The van der Waals surface area contributed by atoms with Gasteiger partial charge < -0.3 is 19.5 Å². The number of methoxy groups -OCH3 is 2. The molecule has 8 heteroatoms. The molecule has 0 fully saturated rings. The number of hydrogen-bond donors (Lipinski definition) is 1. The molecule has 1 amide bonds. The molecule has 0 unspecified atom stereocenters. The van der Waals surface area contributed by atoms with E-state index < -0.39 is 35.3 Å². The number of carbonyl (C=O) groups excluding carboxylic acids is 2. The van der Waals surface area contributed by atoms with Gasteiger partial charge in [0.1, 0.15) is 28.8 Å². The van der Waals surface area contributed by atoms with E-state index in [2.05, 4.69) is 5.32 Å². The zero-order chi connectivity index (χ0) is 20.0. The van der Waals surface area contributed by atoms with Crippen LogP contribution in [0.15, 0.2) is 36.4 Å². The van der Waals surface area contributed by atoms with E-state index in [4.69, 9.17) is 14.2 Å². The van der Waals surface area contributed by atoms with E-state index in [0.29, 0.717) is 17.1 Å². The Hall–Kier alpha value is -3.16. The molecule has 2 aromatic rings. The van der Waals surface area contributed by atoms with E-state index in [9.17, 15) is 18.4 Å². The normalized spacial score (nSPS) is 11.4. The summed E-state index contributed by atoms with van der Waals surface area (Å²) in [6.07, 6.45) is -1.40. The van der Waals surface area contributed by atoms with Crippen LogP contribution in [0.25, 0.3) is 0 Å². The number of para-hydroxylation sites is 1. The summed E-state index contributed by atoms with van der Waals surface area (Å²) in [6.45, 7) is 1.30. The van der Waals surface area contributed by atoms with Gasteiger partial charge in [0.25, 0.3) is 5.91 Å². The summed E-state index contributed by atoms with van der Waals surface area (Å²) in [6, 6.07) is 8.09. The highest BCUT2D eigenvalue weighted by Crippen LogP contribution is 2.25. The number of anilines is 1. The van der Waals surface area contributed by atoms with Crippen molar-refractivity contribution < 1.29 is 32.6 Å². The van der Waals surface area contributed by atoms with Crippen molar-refractivity contribution >= 4 is 17.6 Å². The largest absolute Gasteiger partial charge is 0.497 e. The molecule has 1 atom stereocenters. The Morgan fingerprint density at radius 2 is 1.74 bits per heavy atom. The average Bonchev–Trinajstić information content (AvgIpc) is 2.64. The van der Waals surface area contributed by atoms with Gasteiger partial charge in [-0.05, 0) is 25.1 Å². The third-order valence-electron chi connectivity index (χ3n) is 3.72. The Morgan fingerprint density at radius 1 is 1.07 bits per heavy atom. The van der Waals surface area contributed by atoms with Crippen LogP contribution in [0.4, 0.5) is 14.5 Å². The minimum absolute atomic E-state index is 0.154. The fourth-order valence-corrected chi connectivity index (χ4v) is 2.29. The smallest absolute Gasteiger partial charge is 0.311 e. The van der Waals surface area contributed by atoms with Gasteiger partial charge in [-0.15, -0.1) is 0 Å². The third kappa shape index (κ3) is 5.16. The summed E-state index contributed by atoms with van der Waals surface area (Å²) < 4.78 is 42.5. The van der Waals surface area contributed by atoms with Crippen LogP contribution in [0.1, 0.15) is 12.5 Å². The van der Waals surface area contributed by atoms with Crippen molar-refractivity contribution in [2.75, 3.05) is 19.5 Å². The Balaban J connectivity index is 2.00. The Kier molecular flexibility index (Phi) is 6.70. The monoisotopic (exact) mass is 379 g/mol. The first-order valence-corrected chi connectivity index (χ1v) is 8.01. The number of benzene rings is 2. The number of nitrogens with one attached hydrogen (secondary N) is 1. The predicted molar refractivity (Wildman–Crippen MR) is 93.8 cm³/mol. The molecule has 1 N–H and O–H groups in total. The second-order valence-electron chi connectivity index (χ2n) is 5.57. The Labute approximate surface area is 155 Å². The molecular weight excluding hydrogens is 360 g/mol. The van der Waals surface area contributed by atoms with Crippen molar-refractivity contribution in [3.05, 3.63) is 53.6 Å². The molecule has 6 nitrogen and oxygen atoms in total. The Morgan fingerprint density at radius 3 is 2.33 bits per heavy atom. The highest BCUT2D eigenvalue weighted by molar-refractivity contribution is 5.95. The van der Waals surface area contributed by atoms with Crippen LogP contribution in [-0.4, -0.2) is 32.2 Å². The van der Waals surface area contributed by atoms with Crippen LogP contribution in [0.2, 0.25) is 0 Å². The van der Waals surface area contributed by atoms with Crippen LogP contribution in [0, 0.1) is 11.6 Å².